The topological polar surface area (TPSA) is 52.8 Å². The number of nitrogens with zero attached hydrogens (tertiary/aromatic N) is 2. The number of hydrogen-bond acceptors (Lipinski definition) is 3. The van der Waals surface area contributed by atoms with E-state index in [1.54, 1.807) is 17.2 Å². The van der Waals surface area contributed by atoms with Gasteiger partial charge in [0.2, 0.25) is 0 Å². The Bertz CT molecular complexity index is 659. The number of halogens is 2. The first-order valence-electron chi connectivity index (χ1n) is 8.10. The molecule has 138 valence electrons. The molecule has 0 radical (unpaired) electrons. The lowest BCUT2D eigenvalue weighted by molar-refractivity contribution is 0.507. The SMILES string of the molecule is CCNC(=NCc1ccc(N(C)C)c(F)c1)NCCc1ccco1.I. The first-order valence-corrected chi connectivity index (χ1v) is 8.10. The van der Waals surface area contributed by atoms with Crippen LogP contribution in [0.2, 0.25) is 0 Å². The van der Waals surface area contributed by atoms with Crippen LogP contribution in [0.25, 0.3) is 0 Å². The van der Waals surface area contributed by atoms with Crippen molar-refractivity contribution in [3.63, 3.8) is 0 Å². The molecule has 0 aliphatic rings. The van der Waals surface area contributed by atoms with Crippen molar-refractivity contribution in [2.75, 3.05) is 32.1 Å². The Morgan fingerprint density at radius 1 is 1.24 bits per heavy atom. The van der Waals surface area contributed by atoms with Gasteiger partial charge in [-0.25, -0.2) is 9.38 Å². The number of furan rings is 1. The summed E-state index contributed by atoms with van der Waals surface area (Å²) in [6.07, 6.45) is 2.45. The number of rotatable bonds is 7. The highest BCUT2D eigenvalue weighted by molar-refractivity contribution is 14.0. The van der Waals surface area contributed by atoms with Crippen molar-refractivity contribution >= 4 is 35.6 Å². The monoisotopic (exact) mass is 460 g/mol. The average molecular weight is 460 g/mol. The summed E-state index contributed by atoms with van der Waals surface area (Å²) in [5.74, 6) is 1.41. The highest BCUT2D eigenvalue weighted by atomic mass is 127. The normalized spacial score (nSPS) is 11.0. The molecule has 1 aromatic carbocycles. The minimum Gasteiger partial charge on any atom is -0.469 e. The van der Waals surface area contributed by atoms with Crippen LogP contribution in [0.1, 0.15) is 18.2 Å². The molecule has 0 unspecified atom stereocenters. The molecule has 0 aliphatic carbocycles. The van der Waals surface area contributed by atoms with Crippen LogP contribution in [0.4, 0.5) is 10.1 Å². The quantitative estimate of drug-likeness (QED) is 0.378. The molecule has 1 aromatic heterocycles. The molecule has 0 bridgehead atoms. The van der Waals surface area contributed by atoms with Crippen LogP contribution in [0.3, 0.4) is 0 Å². The summed E-state index contributed by atoms with van der Waals surface area (Å²) in [6, 6.07) is 9.03. The maximum Gasteiger partial charge on any atom is 0.191 e. The lowest BCUT2D eigenvalue weighted by atomic mass is 10.2. The second-order valence-corrected chi connectivity index (χ2v) is 5.63. The lowest BCUT2D eigenvalue weighted by Gasteiger charge is -2.14. The highest BCUT2D eigenvalue weighted by Gasteiger charge is 2.05. The molecular formula is C18H26FIN4O. The van der Waals surface area contributed by atoms with E-state index < -0.39 is 0 Å². The Balaban J connectivity index is 0.00000312. The van der Waals surface area contributed by atoms with Crippen LogP contribution in [0, 0.1) is 5.82 Å². The number of aliphatic imine (C=N–C) groups is 1. The molecule has 25 heavy (non-hydrogen) atoms. The Labute approximate surface area is 165 Å². The standard InChI is InChI=1S/C18H25FN4O.HI/c1-4-20-18(21-10-9-15-6-5-11-24-15)22-13-14-7-8-17(23(2)3)16(19)12-14;/h5-8,11-12H,4,9-10,13H2,1-3H3,(H2,20,21,22);1H. The number of nitrogens with one attached hydrogen (secondary N) is 2. The van der Waals surface area contributed by atoms with Crippen LogP contribution in [-0.4, -0.2) is 33.1 Å². The van der Waals surface area contributed by atoms with E-state index in [1.807, 2.05) is 39.2 Å². The smallest absolute Gasteiger partial charge is 0.191 e. The molecule has 0 spiro atoms. The minimum atomic E-state index is -0.233. The summed E-state index contributed by atoms with van der Waals surface area (Å²) in [6.45, 7) is 3.91. The van der Waals surface area contributed by atoms with Gasteiger partial charge in [-0.15, -0.1) is 24.0 Å². The second kappa shape index (κ2) is 11.0. The van der Waals surface area contributed by atoms with E-state index in [9.17, 15) is 4.39 Å². The Morgan fingerprint density at radius 3 is 2.64 bits per heavy atom. The summed E-state index contributed by atoms with van der Waals surface area (Å²) in [4.78, 5) is 6.25. The van der Waals surface area contributed by atoms with E-state index in [0.29, 0.717) is 24.7 Å². The maximum absolute atomic E-state index is 14.0. The molecule has 1 heterocycles. The molecule has 0 atom stereocenters. The van der Waals surface area contributed by atoms with Crippen molar-refractivity contribution in [1.82, 2.24) is 10.6 Å². The highest BCUT2D eigenvalue weighted by Crippen LogP contribution is 2.18. The average Bonchev–Trinajstić information content (AvgIpc) is 3.05. The molecule has 0 saturated carbocycles. The van der Waals surface area contributed by atoms with Gasteiger partial charge in [-0.05, 0) is 36.8 Å². The van der Waals surface area contributed by atoms with Crippen molar-refractivity contribution in [2.45, 2.75) is 19.9 Å². The van der Waals surface area contributed by atoms with Crippen molar-refractivity contribution in [2.24, 2.45) is 4.99 Å². The van der Waals surface area contributed by atoms with Gasteiger partial charge in [0.25, 0.3) is 0 Å². The zero-order chi connectivity index (χ0) is 17.4. The first kappa shape index (κ1) is 21.3. The van der Waals surface area contributed by atoms with Gasteiger partial charge in [-0.1, -0.05) is 6.07 Å². The molecule has 2 N–H and O–H groups in total. The van der Waals surface area contributed by atoms with Crippen molar-refractivity contribution in [3.8, 4) is 0 Å². The van der Waals surface area contributed by atoms with Gasteiger partial charge in [-0.3, -0.25) is 0 Å². The van der Waals surface area contributed by atoms with Crippen molar-refractivity contribution in [1.29, 1.82) is 0 Å². The molecule has 7 heteroatoms. The van der Waals surface area contributed by atoms with E-state index >= 15 is 0 Å². The molecule has 2 rings (SSSR count). The number of benzene rings is 1. The molecule has 5 nitrogen and oxygen atoms in total. The zero-order valence-corrected chi connectivity index (χ0v) is 17.2. The van der Waals surface area contributed by atoms with E-state index in [1.165, 1.54) is 6.07 Å². The van der Waals surface area contributed by atoms with Gasteiger partial charge in [-0.2, -0.15) is 0 Å². The molecule has 0 fully saturated rings. The predicted octanol–water partition coefficient (Wildman–Crippen LogP) is 3.40. The van der Waals surface area contributed by atoms with E-state index in [-0.39, 0.29) is 29.8 Å². The van der Waals surface area contributed by atoms with Crippen molar-refractivity contribution in [3.05, 3.63) is 53.7 Å². The van der Waals surface area contributed by atoms with Gasteiger partial charge in [0, 0.05) is 33.6 Å². The minimum absolute atomic E-state index is 0. The van der Waals surface area contributed by atoms with E-state index in [4.69, 9.17) is 4.42 Å². The van der Waals surface area contributed by atoms with Crippen LogP contribution in [0.5, 0.6) is 0 Å². The Kier molecular flexibility index (Phi) is 9.33. The summed E-state index contributed by atoms with van der Waals surface area (Å²) in [5.41, 5.74) is 1.41. The van der Waals surface area contributed by atoms with E-state index in [0.717, 1.165) is 24.3 Å². The predicted molar refractivity (Wildman–Crippen MR) is 111 cm³/mol. The van der Waals surface area contributed by atoms with Gasteiger partial charge < -0.3 is 20.0 Å². The fourth-order valence-corrected chi connectivity index (χ4v) is 2.28. The number of anilines is 1. The fourth-order valence-electron chi connectivity index (χ4n) is 2.28. The van der Waals surface area contributed by atoms with Crippen molar-refractivity contribution < 1.29 is 8.81 Å². The summed E-state index contributed by atoms with van der Waals surface area (Å²) < 4.78 is 19.3. The van der Waals surface area contributed by atoms with Crippen LogP contribution < -0.4 is 15.5 Å². The third-order valence-corrected chi connectivity index (χ3v) is 3.50. The largest absolute Gasteiger partial charge is 0.469 e. The lowest BCUT2D eigenvalue weighted by Crippen LogP contribution is -2.38. The number of guanidine groups is 1. The third-order valence-electron chi connectivity index (χ3n) is 3.50. The molecule has 0 saturated heterocycles. The maximum atomic E-state index is 14.0. The van der Waals surface area contributed by atoms with Crippen LogP contribution in [-0.2, 0) is 13.0 Å². The van der Waals surface area contributed by atoms with Gasteiger partial charge in [0.1, 0.15) is 11.6 Å². The van der Waals surface area contributed by atoms with Gasteiger partial charge >= 0.3 is 0 Å². The van der Waals surface area contributed by atoms with Gasteiger partial charge in [0.05, 0.1) is 18.5 Å². The van der Waals surface area contributed by atoms with E-state index in [2.05, 4.69) is 15.6 Å². The summed E-state index contributed by atoms with van der Waals surface area (Å²) in [7, 11) is 3.64. The Morgan fingerprint density at radius 2 is 2.04 bits per heavy atom. The summed E-state index contributed by atoms with van der Waals surface area (Å²) in [5, 5.41) is 6.43. The van der Waals surface area contributed by atoms with Crippen LogP contribution in [0.15, 0.2) is 46.0 Å². The molecular weight excluding hydrogens is 434 g/mol. The molecule has 2 aromatic rings. The summed E-state index contributed by atoms with van der Waals surface area (Å²) >= 11 is 0. The zero-order valence-electron chi connectivity index (χ0n) is 14.9. The first-order chi connectivity index (χ1) is 11.6. The second-order valence-electron chi connectivity index (χ2n) is 5.63. The van der Waals surface area contributed by atoms with Gasteiger partial charge in [0.15, 0.2) is 5.96 Å². The van der Waals surface area contributed by atoms with Crippen LogP contribution >= 0.6 is 24.0 Å². The Hall–Kier alpha value is -1.77. The fraction of sp³-hybridized carbons (Fsp3) is 0.389. The third kappa shape index (κ3) is 6.93. The molecule has 0 amide bonds. The molecule has 0 aliphatic heterocycles. The number of hydrogen-bond donors (Lipinski definition) is 2.